The lowest BCUT2D eigenvalue weighted by atomic mass is 10.0. The van der Waals surface area contributed by atoms with Gasteiger partial charge in [-0.1, -0.05) is 32.0 Å². The molecular formula is C21H21N2O2+. The summed E-state index contributed by atoms with van der Waals surface area (Å²) in [6, 6.07) is 20.0. The maximum absolute atomic E-state index is 8.98. The van der Waals surface area contributed by atoms with Crippen molar-refractivity contribution in [1.82, 2.24) is 0 Å². The Morgan fingerprint density at radius 3 is 2.52 bits per heavy atom. The van der Waals surface area contributed by atoms with E-state index in [1.807, 2.05) is 50.2 Å². The molecule has 4 rings (SSSR count). The summed E-state index contributed by atoms with van der Waals surface area (Å²) in [7, 11) is 1.69. The molecule has 1 unspecified atom stereocenters. The number of nitriles is 1. The molecule has 0 fully saturated rings. The van der Waals surface area contributed by atoms with E-state index in [2.05, 4.69) is 28.8 Å². The lowest BCUT2D eigenvalue weighted by Gasteiger charge is -2.08. The molecule has 0 saturated heterocycles. The Labute approximate surface area is 147 Å². The molecule has 0 spiro atoms. The molecule has 1 atom stereocenters. The molecule has 2 aromatic carbocycles. The third-order valence-electron chi connectivity index (χ3n) is 4.19. The third kappa shape index (κ3) is 2.95. The highest BCUT2D eigenvalue weighted by Crippen LogP contribution is 2.32. The van der Waals surface area contributed by atoms with Crippen molar-refractivity contribution in [2.24, 2.45) is 0 Å². The summed E-state index contributed by atoms with van der Waals surface area (Å²) in [4.78, 5) is 0. The lowest BCUT2D eigenvalue weighted by Crippen LogP contribution is -2.39. The number of hydrogen-bond acceptors (Lipinski definition) is 3. The Hall–Kier alpha value is -2.90. The Bertz CT molecular complexity index is 927. The van der Waals surface area contributed by atoms with E-state index in [-0.39, 0.29) is 6.23 Å². The molecule has 0 saturated carbocycles. The Morgan fingerprint density at radius 2 is 1.84 bits per heavy atom. The fourth-order valence-electron chi connectivity index (χ4n) is 3.04. The molecule has 0 radical (unpaired) electrons. The van der Waals surface area contributed by atoms with Gasteiger partial charge in [0.25, 0.3) is 0 Å². The number of ether oxygens (including phenoxy) is 2. The number of nitrogens with zero attached hydrogens (tertiary/aromatic N) is 2. The molecule has 1 aliphatic heterocycles. The normalized spacial score (nSPS) is 14.9. The predicted molar refractivity (Wildman–Crippen MR) is 97.2 cm³/mol. The van der Waals surface area contributed by atoms with Crippen LogP contribution in [0, 0.1) is 11.3 Å². The van der Waals surface area contributed by atoms with Crippen molar-refractivity contribution in [2.75, 3.05) is 13.7 Å². The lowest BCUT2D eigenvalue weighted by molar-refractivity contribution is -0.731. The molecule has 4 heteroatoms. The van der Waals surface area contributed by atoms with Gasteiger partial charge in [-0.25, -0.2) is 0 Å². The number of rotatable bonds is 2. The molecule has 4 nitrogen and oxygen atoms in total. The smallest absolute Gasteiger partial charge is 0.379 e. The number of methoxy groups -OCH3 is 1. The minimum absolute atomic E-state index is 0.153. The van der Waals surface area contributed by atoms with E-state index < -0.39 is 0 Å². The van der Waals surface area contributed by atoms with Crippen LogP contribution < -0.4 is 9.30 Å². The third-order valence-corrected chi connectivity index (χ3v) is 4.19. The fourth-order valence-corrected chi connectivity index (χ4v) is 3.04. The van der Waals surface area contributed by atoms with Gasteiger partial charge in [0, 0.05) is 18.7 Å². The van der Waals surface area contributed by atoms with Gasteiger partial charge in [0.15, 0.2) is 6.61 Å². The SMILES string of the molecule is CC.COC1COc2c3ccccc3cc(-c3ccc(C#N)cc3)[n+]21. The van der Waals surface area contributed by atoms with E-state index in [4.69, 9.17) is 14.7 Å². The molecule has 1 aromatic heterocycles. The van der Waals surface area contributed by atoms with Crippen molar-refractivity contribution in [1.29, 1.82) is 5.26 Å². The largest absolute Gasteiger partial charge is 0.434 e. The zero-order chi connectivity index (χ0) is 17.8. The summed E-state index contributed by atoms with van der Waals surface area (Å²) in [6.45, 7) is 4.49. The van der Waals surface area contributed by atoms with Crippen LogP contribution >= 0.6 is 0 Å². The summed E-state index contributed by atoms with van der Waals surface area (Å²) < 4.78 is 13.6. The van der Waals surface area contributed by atoms with Crippen molar-refractivity contribution in [3.63, 3.8) is 0 Å². The van der Waals surface area contributed by atoms with Gasteiger partial charge in [-0.05, 0) is 35.7 Å². The van der Waals surface area contributed by atoms with Crippen molar-refractivity contribution >= 4 is 10.8 Å². The van der Waals surface area contributed by atoms with Gasteiger partial charge in [0.05, 0.1) is 17.0 Å². The monoisotopic (exact) mass is 333 g/mol. The summed E-state index contributed by atoms with van der Waals surface area (Å²) >= 11 is 0. The Kier molecular flexibility index (Phi) is 4.97. The highest BCUT2D eigenvalue weighted by atomic mass is 16.6. The first kappa shape index (κ1) is 16.9. The van der Waals surface area contributed by atoms with E-state index in [9.17, 15) is 0 Å². The van der Waals surface area contributed by atoms with E-state index >= 15 is 0 Å². The van der Waals surface area contributed by atoms with Gasteiger partial charge in [0.1, 0.15) is 0 Å². The highest BCUT2D eigenvalue weighted by Gasteiger charge is 2.37. The zero-order valence-corrected chi connectivity index (χ0v) is 14.7. The van der Waals surface area contributed by atoms with Gasteiger partial charge in [-0.15, -0.1) is 4.57 Å². The van der Waals surface area contributed by atoms with Crippen LogP contribution in [0.15, 0.2) is 54.6 Å². The Morgan fingerprint density at radius 1 is 1.12 bits per heavy atom. The molecule has 0 N–H and O–H groups in total. The van der Waals surface area contributed by atoms with E-state index in [1.54, 1.807) is 7.11 Å². The number of benzene rings is 2. The first-order chi connectivity index (χ1) is 12.3. The predicted octanol–water partition coefficient (Wildman–Crippen LogP) is 4.23. The van der Waals surface area contributed by atoms with Crippen molar-refractivity contribution in [2.45, 2.75) is 20.1 Å². The average Bonchev–Trinajstić information content (AvgIpc) is 3.13. The molecule has 0 bridgehead atoms. The van der Waals surface area contributed by atoms with Gasteiger partial charge in [-0.2, -0.15) is 5.26 Å². The first-order valence-corrected chi connectivity index (χ1v) is 8.45. The van der Waals surface area contributed by atoms with Gasteiger partial charge >= 0.3 is 12.1 Å². The van der Waals surface area contributed by atoms with Crippen molar-refractivity contribution < 1.29 is 14.0 Å². The van der Waals surface area contributed by atoms with E-state index in [1.165, 1.54) is 0 Å². The average molecular weight is 333 g/mol. The number of hydrogen-bond donors (Lipinski definition) is 0. The topological polar surface area (TPSA) is 46.1 Å². The minimum atomic E-state index is -0.153. The van der Waals surface area contributed by atoms with Gasteiger partial charge < -0.3 is 9.47 Å². The quantitative estimate of drug-likeness (QED) is 0.659. The molecular weight excluding hydrogens is 312 g/mol. The van der Waals surface area contributed by atoms with E-state index in [0.717, 1.165) is 27.9 Å². The van der Waals surface area contributed by atoms with Crippen LogP contribution in [0.25, 0.3) is 22.0 Å². The van der Waals surface area contributed by atoms with Gasteiger partial charge in [0.2, 0.25) is 5.69 Å². The Balaban J connectivity index is 0.000000880. The second-order valence-corrected chi connectivity index (χ2v) is 5.48. The molecule has 25 heavy (non-hydrogen) atoms. The maximum Gasteiger partial charge on any atom is 0.379 e. The van der Waals surface area contributed by atoms with Gasteiger partial charge in [-0.3, -0.25) is 0 Å². The maximum atomic E-state index is 8.98. The summed E-state index contributed by atoms with van der Waals surface area (Å²) in [5.74, 6) is 0.828. The molecule has 0 amide bonds. The summed E-state index contributed by atoms with van der Waals surface area (Å²) in [5, 5.41) is 11.2. The standard InChI is InChI=1S/C19H15N2O2.C2H6/c1-22-18-12-23-19-16-5-3-2-4-15(16)10-17(21(18)19)14-8-6-13(11-20)7-9-14;1-2/h2-10,18H,12H2,1H3;1-2H3/q+1;. The van der Waals surface area contributed by atoms with Crippen LogP contribution in [-0.4, -0.2) is 13.7 Å². The number of pyridine rings is 1. The van der Waals surface area contributed by atoms with E-state index in [0.29, 0.717) is 12.2 Å². The second-order valence-electron chi connectivity index (χ2n) is 5.48. The minimum Gasteiger partial charge on any atom is -0.434 e. The summed E-state index contributed by atoms with van der Waals surface area (Å²) in [6.07, 6.45) is -0.153. The van der Waals surface area contributed by atoms with Crippen molar-refractivity contribution in [3.05, 3.63) is 60.2 Å². The fraction of sp³-hybridized carbons (Fsp3) is 0.238. The van der Waals surface area contributed by atoms with Crippen LogP contribution in [0.5, 0.6) is 5.88 Å². The second kappa shape index (κ2) is 7.33. The summed E-state index contributed by atoms with van der Waals surface area (Å²) in [5.41, 5.74) is 2.70. The molecule has 3 aromatic rings. The number of fused-ring (bicyclic) bond motifs is 3. The molecule has 2 heterocycles. The van der Waals surface area contributed by atoms with Crippen LogP contribution in [-0.2, 0) is 4.74 Å². The van der Waals surface area contributed by atoms with Crippen LogP contribution in [0.3, 0.4) is 0 Å². The highest BCUT2D eigenvalue weighted by molar-refractivity contribution is 5.88. The zero-order valence-electron chi connectivity index (χ0n) is 14.7. The van der Waals surface area contributed by atoms with Crippen LogP contribution in [0.2, 0.25) is 0 Å². The molecule has 1 aliphatic rings. The van der Waals surface area contributed by atoms with Crippen LogP contribution in [0.1, 0.15) is 25.6 Å². The molecule has 126 valence electrons. The number of aromatic nitrogens is 1. The van der Waals surface area contributed by atoms with Crippen LogP contribution in [0.4, 0.5) is 0 Å². The molecule has 0 aliphatic carbocycles. The van der Waals surface area contributed by atoms with Crippen molar-refractivity contribution in [3.8, 4) is 23.2 Å². The first-order valence-electron chi connectivity index (χ1n) is 8.45.